The van der Waals surface area contributed by atoms with E-state index in [9.17, 15) is 5.11 Å². The Kier molecular flexibility index (Phi) is 7.39. The molecular formula is C13H22ClNO. The molecule has 92 valence electrons. The highest BCUT2D eigenvalue weighted by atomic mass is 35.5. The van der Waals surface area contributed by atoms with Crippen LogP contribution in [0.25, 0.3) is 0 Å². The molecule has 16 heavy (non-hydrogen) atoms. The minimum Gasteiger partial charge on any atom is -0.387 e. The smallest absolute Gasteiger partial charge is 0.0942 e. The number of hydrogen-bond donors (Lipinski definition) is 1. The van der Waals surface area contributed by atoms with Crippen LogP contribution in [0, 0.1) is 0 Å². The standard InChI is InChI=1S/C13H21NO.ClH/c1-4-14(5-2)11(3)13(15)12-9-7-6-8-10-12;/h6-11,13,15H,4-5H2,1-3H3;1H/t11-,13-;/m1./s1. The van der Waals surface area contributed by atoms with Gasteiger partial charge in [0, 0.05) is 6.04 Å². The molecule has 2 nitrogen and oxygen atoms in total. The fourth-order valence-corrected chi connectivity index (χ4v) is 1.93. The molecule has 0 radical (unpaired) electrons. The molecule has 1 aromatic carbocycles. The van der Waals surface area contributed by atoms with E-state index in [-0.39, 0.29) is 18.4 Å². The highest BCUT2D eigenvalue weighted by Crippen LogP contribution is 2.20. The van der Waals surface area contributed by atoms with E-state index in [1.54, 1.807) is 0 Å². The van der Waals surface area contributed by atoms with Gasteiger partial charge in [-0.2, -0.15) is 0 Å². The monoisotopic (exact) mass is 243 g/mol. The van der Waals surface area contributed by atoms with Gasteiger partial charge in [0.2, 0.25) is 0 Å². The van der Waals surface area contributed by atoms with Crippen molar-refractivity contribution in [3.05, 3.63) is 35.9 Å². The molecular weight excluding hydrogens is 222 g/mol. The van der Waals surface area contributed by atoms with E-state index in [0.29, 0.717) is 0 Å². The lowest BCUT2D eigenvalue weighted by atomic mass is 10.0. The van der Waals surface area contributed by atoms with Crippen molar-refractivity contribution in [2.45, 2.75) is 32.9 Å². The van der Waals surface area contributed by atoms with Gasteiger partial charge in [-0.25, -0.2) is 0 Å². The molecule has 0 heterocycles. The Hall–Kier alpha value is -0.570. The van der Waals surface area contributed by atoms with Crippen LogP contribution in [-0.2, 0) is 0 Å². The maximum atomic E-state index is 10.2. The van der Waals surface area contributed by atoms with Crippen molar-refractivity contribution >= 4 is 12.4 Å². The number of halogens is 1. The van der Waals surface area contributed by atoms with Crippen LogP contribution in [0.2, 0.25) is 0 Å². The van der Waals surface area contributed by atoms with Crippen molar-refractivity contribution in [3.8, 4) is 0 Å². The van der Waals surface area contributed by atoms with Gasteiger partial charge in [-0.3, -0.25) is 4.90 Å². The van der Waals surface area contributed by atoms with Crippen molar-refractivity contribution in [1.82, 2.24) is 4.90 Å². The first-order valence-electron chi connectivity index (χ1n) is 5.67. The van der Waals surface area contributed by atoms with E-state index < -0.39 is 6.10 Å². The first kappa shape index (κ1) is 15.4. The van der Waals surface area contributed by atoms with Crippen molar-refractivity contribution in [2.75, 3.05) is 13.1 Å². The summed E-state index contributed by atoms with van der Waals surface area (Å²) < 4.78 is 0. The largest absolute Gasteiger partial charge is 0.387 e. The zero-order valence-electron chi connectivity index (χ0n) is 10.3. The molecule has 2 atom stereocenters. The topological polar surface area (TPSA) is 23.5 Å². The first-order chi connectivity index (χ1) is 7.20. The summed E-state index contributed by atoms with van der Waals surface area (Å²) in [6.07, 6.45) is -0.397. The molecule has 3 heteroatoms. The molecule has 0 saturated heterocycles. The third-order valence-electron chi connectivity index (χ3n) is 2.99. The average Bonchev–Trinajstić information content (AvgIpc) is 2.30. The summed E-state index contributed by atoms with van der Waals surface area (Å²) in [7, 11) is 0. The molecule has 0 amide bonds. The van der Waals surface area contributed by atoms with Gasteiger partial charge in [-0.1, -0.05) is 44.2 Å². The van der Waals surface area contributed by atoms with Gasteiger partial charge in [0.25, 0.3) is 0 Å². The lowest BCUT2D eigenvalue weighted by molar-refractivity contribution is 0.0638. The molecule has 1 aromatic rings. The van der Waals surface area contributed by atoms with E-state index in [1.807, 2.05) is 30.3 Å². The van der Waals surface area contributed by atoms with Crippen molar-refractivity contribution in [1.29, 1.82) is 0 Å². The van der Waals surface area contributed by atoms with Crippen LogP contribution < -0.4 is 0 Å². The van der Waals surface area contributed by atoms with Crippen molar-refractivity contribution < 1.29 is 5.11 Å². The van der Waals surface area contributed by atoms with Gasteiger partial charge in [0.05, 0.1) is 6.10 Å². The van der Waals surface area contributed by atoms with Gasteiger partial charge in [-0.05, 0) is 25.6 Å². The molecule has 0 bridgehead atoms. The van der Waals surface area contributed by atoms with Crippen LogP contribution >= 0.6 is 12.4 Å². The van der Waals surface area contributed by atoms with Crippen LogP contribution in [0.15, 0.2) is 30.3 Å². The van der Waals surface area contributed by atoms with Gasteiger partial charge in [0.1, 0.15) is 0 Å². The van der Waals surface area contributed by atoms with E-state index >= 15 is 0 Å². The van der Waals surface area contributed by atoms with E-state index in [4.69, 9.17) is 0 Å². The molecule has 1 rings (SSSR count). The van der Waals surface area contributed by atoms with E-state index in [1.165, 1.54) is 0 Å². The number of hydrogen-bond acceptors (Lipinski definition) is 2. The SMILES string of the molecule is CCN(CC)[C@H](C)[C@@H](O)c1ccccc1.Cl. The highest BCUT2D eigenvalue weighted by Gasteiger charge is 2.20. The fraction of sp³-hybridized carbons (Fsp3) is 0.538. The Morgan fingerprint density at radius 1 is 1.12 bits per heavy atom. The van der Waals surface area contributed by atoms with E-state index in [2.05, 4.69) is 25.7 Å². The molecule has 1 N–H and O–H groups in total. The number of likely N-dealkylation sites (N-methyl/N-ethyl adjacent to an activating group) is 1. The summed E-state index contributed by atoms with van der Waals surface area (Å²) >= 11 is 0. The summed E-state index contributed by atoms with van der Waals surface area (Å²) in [5.74, 6) is 0. The number of aliphatic hydroxyl groups is 1. The third kappa shape index (κ3) is 3.78. The number of benzene rings is 1. The van der Waals surface area contributed by atoms with Crippen LogP contribution in [0.3, 0.4) is 0 Å². The predicted octanol–water partition coefficient (Wildman–Crippen LogP) is 2.87. The minimum absolute atomic E-state index is 0. The lowest BCUT2D eigenvalue weighted by Gasteiger charge is -2.30. The molecule has 0 fully saturated rings. The molecule has 0 spiro atoms. The van der Waals surface area contributed by atoms with Crippen molar-refractivity contribution in [3.63, 3.8) is 0 Å². The van der Waals surface area contributed by atoms with Gasteiger partial charge in [-0.15, -0.1) is 12.4 Å². The second-order valence-electron chi connectivity index (χ2n) is 3.82. The quantitative estimate of drug-likeness (QED) is 0.860. The maximum Gasteiger partial charge on any atom is 0.0942 e. The minimum atomic E-state index is -0.397. The zero-order valence-corrected chi connectivity index (χ0v) is 11.1. The summed E-state index contributed by atoms with van der Waals surface area (Å²) in [5.41, 5.74) is 0.997. The van der Waals surface area contributed by atoms with Gasteiger partial charge < -0.3 is 5.11 Å². The normalized spacial score (nSPS) is 14.3. The lowest BCUT2D eigenvalue weighted by Crippen LogP contribution is -2.37. The number of nitrogens with zero attached hydrogens (tertiary/aromatic N) is 1. The summed E-state index contributed by atoms with van der Waals surface area (Å²) in [6.45, 7) is 8.27. The highest BCUT2D eigenvalue weighted by molar-refractivity contribution is 5.85. The molecule has 0 aliphatic rings. The molecule has 0 aliphatic carbocycles. The average molecular weight is 244 g/mol. The Balaban J connectivity index is 0.00000225. The Bertz CT molecular complexity index is 275. The van der Waals surface area contributed by atoms with Gasteiger partial charge >= 0.3 is 0 Å². The Labute approximate surface area is 105 Å². The van der Waals surface area contributed by atoms with Gasteiger partial charge in [0.15, 0.2) is 0 Å². The Morgan fingerprint density at radius 2 is 1.62 bits per heavy atom. The second kappa shape index (κ2) is 7.66. The molecule has 0 aromatic heterocycles. The first-order valence-corrected chi connectivity index (χ1v) is 5.67. The molecule has 0 saturated carbocycles. The van der Waals surface area contributed by atoms with Crippen LogP contribution in [0.4, 0.5) is 0 Å². The van der Waals surface area contributed by atoms with Crippen molar-refractivity contribution in [2.24, 2.45) is 0 Å². The number of aliphatic hydroxyl groups excluding tert-OH is 1. The predicted molar refractivity (Wildman–Crippen MR) is 71.0 cm³/mol. The second-order valence-corrected chi connectivity index (χ2v) is 3.82. The maximum absolute atomic E-state index is 10.2. The fourth-order valence-electron chi connectivity index (χ4n) is 1.93. The summed E-state index contributed by atoms with van der Waals surface area (Å²) in [5, 5.41) is 10.2. The summed E-state index contributed by atoms with van der Waals surface area (Å²) in [4.78, 5) is 2.26. The van der Waals surface area contributed by atoms with Crippen LogP contribution in [0.1, 0.15) is 32.4 Å². The molecule has 0 unspecified atom stereocenters. The Morgan fingerprint density at radius 3 is 2.06 bits per heavy atom. The molecule has 0 aliphatic heterocycles. The van der Waals surface area contributed by atoms with Crippen LogP contribution in [-0.4, -0.2) is 29.1 Å². The zero-order chi connectivity index (χ0) is 11.3. The third-order valence-corrected chi connectivity index (χ3v) is 2.99. The van der Waals surface area contributed by atoms with E-state index in [0.717, 1.165) is 18.7 Å². The number of rotatable bonds is 5. The van der Waals surface area contributed by atoms with Crippen LogP contribution in [0.5, 0.6) is 0 Å². The summed E-state index contributed by atoms with van der Waals surface area (Å²) in [6, 6.07) is 10.0.